The van der Waals surface area contributed by atoms with E-state index in [2.05, 4.69) is 21.1 Å². The highest BCUT2D eigenvalue weighted by atomic mass is 79.9. The normalized spacial score (nSPS) is 19.5. The SMILES string of the molecule is Cc1ccc([C@]2(C)CC(Br)=NO2)cc1Cc1cccc(C(F)(F)F)c1.S. The third-order valence-corrected chi connectivity index (χ3v) is 4.86. The fourth-order valence-corrected chi connectivity index (χ4v) is 3.52. The third-order valence-electron chi connectivity index (χ3n) is 4.44. The molecule has 1 aliphatic rings. The predicted molar refractivity (Wildman–Crippen MR) is 105 cm³/mol. The number of oxime groups is 1. The lowest BCUT2D eigenvalue weighted by Crippen LogP contribution is -2.21. The van der Waals surface area contributed by atoms with E-state index in [0.717, 1.165) is 27.4 Å². The van der Waals surface area contributed by atoms with E-state index in [1.54, 1.807) is 6.07 Å². The molecule has 140 valence electrons. The van der Waals surface area contributed by atoms with Crippen LogP contribution < -0.4 is 0 Å². The molecule has 0 saturated heterocycles. The monoisotopic (exact) mass is 445 g/mol. The quantitative estimate of drug-likeness (QED) is 0.562. The lowest BCUT2D eigenvalue weighted by atomic mass is 9.89. The second-order valence-corrected chi connectivity index (χ2v) is 7.40. The van der Waals surface area contributed by atoms with Gasteiger partial charge in [0.1, 0.15) is 4.62 Å². The molecule has 2 aromatic rings. The molecule has 1 aliphatic heterocycles. The van der Waals surface area contributed by atoms with E-state index in [4.69, 9.17) is 4.84 Å². The molecule has 0 radical (unpaired) electrons. The highest BCUT2D eigenvalue weighted by Gasteiger charge is 2.35. The van der Waals surface area contributed by atoms with Gasteiger partial charge in [-0.2, -0.15) is 26.7 Å². The van der Waals surface area contributed by atoms with E-state index in [-0.39, 0.29) is 13.5 Å². The zero-order chi connectivity index (χ0) is 18.2. The van der Waals surface area contributed by atoms with Gasteiger partial charge in [0.2, 0.25) is 0 Å². The minimum absolute atomic E-state index is 0. The van der Waals surface area contributed by atoms with Crippen molar-refractivity contribution in [3.63, 3.8) is 0 Å². The van der Waals surface area contributed by atoms with Gasteiger partial charge >= 0.3 is 6.18 Å². The first kappa shape index (κ1) is 20.8. The number of nitrogens with zero attached hydrogens (tertiary/aromatic N) is 1. The second kappa shape index (κ2) is 7.64. The van der Waals surface area contributed by atoms with Crippen molar-refractivity contribution in [3.8, 4) is 0 Å². The van der Waals surface area contributed by atoms with E-state index in [1.165, 1.54) is 12.1 Å². The fraction of sp³-hybridized carbons (Fsp3) is 0.316. The van der Waals surface area contributed by atoms with Crippen molar-refractivity contribution in [3.05, 3.63) is 70.3 Å². The second-order valence-electron chi connectivity index (χ2n) is 6.48. The molecule has 0 amide bonds. The Kier molecular flexibility index (Phi) is 6.13. The molecule has 0 aliphatic carbocycles. The maximum atomic E-state index is 12.9. The topological polar surface area (TPSA) is 21.6 Å². The first-order valence-corrected chi connectivity index (χ1v) is 8.63. The summed E-state index contributed by atoms with van der Waals surface area (Å²) >= 11 is 3.34. The Morgan fingerprint density at radius 3 is 2.54 bits per heavy atom. The molecule has 1 atom stereocenters. The minimum Gasteiger partial charge on any atom is -0.383 e. The molecule has 3 rings (SSSR count). The van der Waals surface area contributed by atoms with Crippen LogP contribution in [0.3, 0.4) is 0 Å². The van der Waals surface area contributed by atoms with Gasteiger partial charge in [0.25, 0.3) is 0 Å². The highest BCUT2D eigenvalue weighted by molar-refractivity contribution is 9.18. The summed E-state index contributed by atoms with van der Waals surface area (Å²) in [6.07, 6.45) is -3.28. The Morgan fingerprint density at radius 1 is 1.19 bits per heavy atom. The molecule has 2 nitrogen and oxygen atoms in total. The summed E-state index contributed by atoms with van der Waals surface area (Å²) in [5.41, 5.74) is 2.41. The van der Waals surface area contributed by atoms with Gasteiger partial charge in [0.05, 0.1) is 5.56 Å². The molecule has 26 heavy (non-hydrogen) atoms. The number of alkyl halides is 3. The van der Waals surface area contributed by atoms with Crippen molar-refractivity contribution in [1.29, 1.82) is 0 Å². The predicted octanol–water partition coefficient (Wildman–Crippen LogP) is 6.06. The van der Waals surface area contributed by atoms with Crippen molar-refractivity contribution < 1.29 is 18.0 Å². The van der Waals surface area contributed by atoms with E-state index in [1.807, 2.05) is 32.0 Å². The maximum absolute atomic E-state index is 12.9. The first-order chi connectivity index (χ1) is 11.7. The maximum Gasteiger partial charge on any atom is 0.416 e. The van der Waals surface area contributed by atoms with Crippen molar-refractivity contribution >= 4 is 34.0 Å². The van der Waals surface area contributed by atoms with Crippen molar-refractivity contribution in [2.75, 3.05) is 0 Å². The zero-order valence-electron chi connectivity index (χ0n) is 14.3. The van der Waals surface area contributed by atoms with E-state index in [0.29, 0.717) is 18.4 Å². The molecule has 0 spiro atoms. The van der Waals surface area contributed by atoms with Gasteiger partial charge in [-0.15, -0.1) is 0 Å². The van der Waals surface area contributed by atoms with Gasteiger partial charge in [-0.3, -0.25) is 0 Å². The lowest BCUT2D eigenvalue weighted by Gasteiger charge is -2.23. The van der Waals surface area contributed by atoms with Crippen molar-refractivity contribution in [2.24, 2.45) is 5.16 Å². The van der Waals surface area contributed by atoms with Crippen LogP contribution in [0.15, 0.2) is 47.6 Å². The van der Waals surface area contributed by atoms with Crippen LogP contribution in [0.4, 0.5) is 13.2 Å². The van der Waals surface area contributed by atoms with E-state index >= 15 is 0 Å². The fourth-order valence-electron chi connectivity index (χ4n) is 2.92. The Morgan fingerprint density at radius 2 is 1.92 bits per heavy atom. The number of aryl methyl sites for hydroxylation is 1. The van der Waals surface area contributed by atoms with Gasteiger partial charge in [0, 0.05) is 6.42 Å². The summed E-state index contributed by atoms with van der Waals surface area (Å²) in [7, 11) is 0. The largest absolute Gasteiger partial charge is 0.416 e. The van der Waals surface area contributed by atoms with Crippen LogP contribution in [0.5, 0.6) is 0 Å². The van der Waals surface area contributed by atoms with Crippen molar-refractivity contribution in [2.45, 2.75) is 38.5 Å². The zero-order valence-corrected chi connectivity index (χ0v) is 16.9. The summed E-state index contributed by atoms with van der Waals surface area (Å²) in [6.45, 7) is 3.90. The molecule has 0 aromatic heterocycles. The molecule has 2 aromatic carbocycles. The molecule has 0 N–H and O–H groups in total. The molecule has 0 saturated carbocycles. The van der Waals surface area contributed by atoms with Gasteiger partial charge in [-0.25, -0.2) is 0 Å². The molecule has 0 fully saturated rings. The summed E-state index contributed by atoms with van der Waals surface area (Å²) in [4.78, 5) is 5.54. The minimum atomic E-state index is -4.33. The van der Waals surface area contributed by atoms with Crippen LogP contribution in [0.2, 0.25) is 0 Å². The van der Waals surface area contributed by atoms with Gasteiger partial charge < -0.3 is 4.84 Å². The van der Waals surface area contributed by atoms with Gasteiger partial charge in [-0.05, 0) is 64.5 Å². The molecule has 0 unspecified atom stereocenters. The summed E-state index contributed by atoms with van der Waals surface area (Å²) in [5.74, 6) is 0. The standard InChI is InChI=1S/C19H17BrF3NO.H2S/c1-12-6-7-15(18(2)11-17(20)24-25-18)10-14(12)8-13-4-3-5-16(9-13)19(21,22)23;/h3-7,9-10H,8,11H2,1-2H3;1H2/t18-;/m0./s1. The van der Waals surface area contributed by atoms with Gasteiger partial charge in [-0.1, -0.05) is 41.6 Å². The smallest absolute Gasteiger partial charge is 0.383 e. The lowest BCUT2D eigenvalue weighted by molar-refractivity contribution is -0.137. The Labute approximate surface area is 166 Å². The van der Waals surface area contributed by atoms with Crippen LogP contribution >= 0.6 is 29.4 Å². The number of rotatable bonds is 3. The highest BCUT2D eigenvalue weighted by Crippen LogP contribution is 2.37. The Hall–Kier alpha value is -1.47. The van der Waals surface area contributed by atoms with Crippen LogP contribution in [0.25, 0.3) is 0 Å². The third kappa shape index (κ3) is 4.43. The Bertz CT molecular complexity index is 838. The van der Waals surface area contributed by atoms with Crippen molar-refractivity contribution in [1.82, 2.24) is 0 Å². The average Bonchev–Trinajstić information content (AvgIpc) is 2.89. The van der Waals surface area contributed by atoms with Gasteiger partial charge in [0.15, 0.2) is 5.60 Å². The average molecular weight is 446 g/mol. The summed E-state index contributed by atoms with van der Waals surface area (Å²) < 4.78 is 39.5. The molecule has 1 heterocycles. The molecule has 0 bridgehead atoms. The molecular formula is C19H19BrF3NOS. The van der Waals surface area contributed by atoms with Crippen LogP contribution in [-0.4, -0.2) is 4.62 Å². The Balaban J connectivity index is 0.00000243. The first-order valence-electron chi connectivity index (χ1n) is 7.84. The van der Waals surface area contributed by atoms with Crippen LogP contribution in [-0.2, 0) is 23.0 Å². The number of hydrogen-bond donors (Lipinski definition) is 0. The summed E-state index contributed by atoms with van der Waals surface area (Å²) in [5, 5.41) is 3.95. The number of halogens is 4. The van der Waals surface area contributed by atoms with E-state index in [9.17, 15) is 13.2 Å². The molecule has 7 heteroatoms. The molecular weight excluding hydrogens is 427 g/mol. The van der Waals surface area contributed by atoms with Crippen LogP contribution in [0, 0.1) is 6.92 Å². The number of benzene rings is 2. The van der Waals surface area contributed by atoms with Crippen LogP contribution in [0.1, 0.15) is 41.2 Å². The number of hydrogen-bond acceptors (Lipinski definition) is 2. The van der Waals surface area contributed by atoms with E-state index < -0.39 is 17.3 Å². The summed E-state index contributed by atoms with van der Waals surface area (Å²) in [6, 6.07) is 11.4.